The van der Waals surface area contributed by atoms with E-state index in [1.807, 2.05) is 4.90 Å². The maximum absolute atomic E-state index is 12.7. The molecule has 1 unspecified atom stereocenters. The minimum Gasteiger partial charge on any atom is -0.479 e. The fraction of sp³-hybridized carbons (Fsp3) is 0.818. The number of alkyl halides is 3. The Kier molecular flexibility index (Phi) is 5.78. The second-order valence-corrected chi connectivity index (χ2v) is 4.76. The number of amides is 2. The first-order valence-corrected chi connectivity index (χ1v) is 6.33. The number of carbonyl (C=O) groups is 2. The standard InChI is InChI=1S/C11H18F3N3O4/c1-10(8(18)19,11(12,13)14)16-9(20)15-2-3-17-4-6-21-7-5-17/h2-7H2,1H3,(H,18,19)(H2,15,16,20). The van der Waals surface area contributed by atoms with Crippen LogP contribution >= 0.6 is 0 Å². The zero-order valence-electron chi connectivity index (χ0n) is 11.5. The number of hydrogen-bond acceptors (Lipinski definition) is 4. The smallest absolute Gasteiger partial charge is 0.422 e. The van der Waals surface area contributed by atoms with Gasteiger partial charge in [0.05, 0.1) is 13.2 Å². The molecule has 0 radical (unpaired) electrons. The number of rotatable bonds is 5. The van der Waals surface area contributed by atoms with Crippen molar-refractivity contribution in [1.82, 2.24) is 15.5 Å². The van der Waals surface area contributed by atoms with E-state index >= 15 is 0 Å². The van der Waals surface area contributed by atoms with Crippen LogP contribution in [0.25, 0.3) is 0 Å². The molecule has 2 amide bonds. The monoisotopic (exact) mass is 313 g/mol. The second-order valence-electron chi connectivity index (χ2n) is 4.76. The molecule has 0 saturated carbocycles. The van der Waals surface area contributed by atoms with Gasteiger partial charge >= 0.3 is 18.2 Å². The largest absolute Gasteiger partial charge is 0.479 e. The number of hydrogen-bond donors (Lipinski definition) is 3. The molecular weight excluding hydrogens is 295 g/mol. The fourth-order valence-corrected chi connectivity index (χ4v) is 1.67. The highest BCUT2D eigenvalue weighted by molar-refractivity contribution is 5.86. The SMILES string of the molecule is CC(NC(=O)NCCN1CCOCC1)(C(=O)O)C(F)(F)F. The molecule has 3 N–H and O–H groups in total. The third kappa shape index (κ3) is 4.74. The molecule has 122 valence electrons. The minimum absolute atomic E-state index is 0.111. The number of aliphatic carboxylic acids is 1. The Balaban J connectivity index is 2.42. The summed E-state index contributed by atoms with van der Waals surface area (Å²) >= 11 is 0. The van der Waals surface area contributed by atoms with Gasteiger partial charge in [-0.3, -0.25) is 4.90 Å². The Morgan fingerprint density at radius 2 is 1.86 bits per heavy atom. The molecule has 7 nitrogen and oxygen atoms in total. The molecule has 10 heteroatoms. The summed E-state index contributed by atoms with van der Waals surface area (Å²) in [6.45, 7) is 3.45. The highest BCUT2D eigenvalue weighted by atomic mass is 19.4. The van der Waals surface area contributed by atoms with Crippen molar-refractivity contribution in [3.8, 4) is 0 Å². The Bertz CT molecular complexity index is 385. The van der Waals surface area contributed by atoms with E-state index in [0.29, 0.717) is 39.8 Å². The first kappa shape index (κ1) is 17.5. The predicted molar refractivity (Wildman–Crippen MR) is 65.9 cm³/mol. The Labute approximate surface area is 119 Å². The number of carboxylic acids is 1. The number of nitrogens with one attached hydrogen (secondary N) is 2. The predicted octanol–water partition coefficient (Wildman–Crippen LogP) is 0.0234. The van der Waals surface area contributed by atoms with Crippen molar-refractivity contribution in [1.29, 1.82) is 0 Å². The third-order valence-corrected chi connectivity index (χ3v) is 3.18. The number of nitrogens with zero attached hydrogens (tertiary/aromatic N) is 1. The van der Waals surface area contributed by atoms with E-state index in [4.69, 9.17) is 9.84 Å². The maximum atomic E-state index is 12.7. The number of ether oxygens (including phenoxy) is 1. The van der Waals surface area contributed by atoms with Crippen molar-refractivity contribution in [3.05, 3.63) is 0 Å². The number of carbonyl (C=O) groups excluding carboxylic acids is 1. The van der Waals surface area contributed by atoms with Crippen molar-refractivity contribution in [3.63, 3.8) is 0 Å². The van der Waals surface area contributed by atoms with Crippen LogP contribution in [0.1, 0.15) is 6.92 Å². The van der Waals surface area contributed by atoms with Crippen molar-refractivity contribution < 1.29 is 32.6 Å². The van der Waals surface area contributed by atoms with Crippen LogP contribution in [0.2, 0.25) is 0 Å². The molecule has 0 aromatic carbocycles. The van der Waals surface area contributed by atoms with Gasteiger partial charge in [-0.2, -0.15) is 13.2 Å². The van der Waals surface area contributed by atoms with Gasteiger partial charge in [0, 0.05) is 26.2 Å². The lowest BCUT2D eigenvalue weighted by Gasteiger charge is -2.29. The van der Waals surface area contributed by atoms with Gasteiger partial charge in [-0.1, -0.05) is 0 Å². The van der Waals surface area contributed by atoms with Crippen LogP contribution in [0.5, 0.6) is 0 Å². The lowest BCUT2D eigenvalue weighted by Crippen LogP contribution is -2.63. The van der Waals surface area contributed by atoms with Crippen molar-refractivity contribution >= 4 is 12.0 Å². The summed E-state index contributed by atoms with van der Waals surface area (Å²) in [6, 6.07) is -1.18. The van der Waals surface area contributed by atoms with Gasteiger partial charge in [0.1, 0.15) is 0 Å². The molecule has 1 rings (SSSR count). The molecule has 0 aliphatic carbocycles. The minimum atomic E-state index is -5.10. The van der Waals surface area contributed by atoms with E-state index in [2.05, 4.69) is 5.32 Å². The summed E-state index contributed by atoms with van der Waals surface area (Å²) in [7, 11) is 0. The number of morpholine rings is 1. The topological polar surface area (TPSA) is 90.9 Å². The number of carboxylic acid groups (broad SMARTS) is 1. The van der Waals surface area contributed by atoms with E-state index in [0.717, 1.165) is 0 Å². The quantitative estimate of drug-likeness (QED) is 0.666. The molecular formula is C11H18F3N3O4. The van der Waals surface area contributed by atoms with Crippen LogP contribution in [-0.4, -0.2) is 73.1 Å². The first-order chi connectivity index (χ1) is 9.67. The summed E-state index contributed by atoms with van der Waals surface area (Å²) < 4.78 is 43.2. The average Bonchev–Trinajstić information content (AvgIpc) is 2.38. The summed E-state index contributed by atoms with van der Waals surface area (Å²) in [4.78, 5) is 24.1. The molecule has 0 spiro atoms. The summed E-state index contributed by atoms with van der Waals surface area (Å²) in [5.74, 6) is -2.17. The van der Waals surface area contributed by atoms with Crippen LogP contribution < -0.4 is 10.6 Å². The number of halogens is 3. The van der Waals surface area contributed by atoms with Gasteiger partial charge < -0.3 is 20.5 Å². The Hall–Kier alpha value is -1.55. The Morgan fingerprint density at radius 1 is 1.29 bits per heavy atom. The number of urea groups is 1. The molecule has 1 atom stereocenters. The van der Waals surface area contributed by atoms with Crippen molar-refractivity contribution in [2.75, 3.05) is 39.4 Å². The second kappa shape index (κ2) is 6.94. The van der Waals surface area contributed by atoms with Crippen LogP contribution in [0.4, 0.5) is 18.0 Å². The molecule has 0 aromatic rings. The maximum Gasteiger partial charge on any atom is 0.422 e. The van der Waals surface area contributed by atoms with Gasteiger partial charge in [-0.25, -0.2) is 9.59 Å². The van der Waals surface area contributed by atoms with E-state index in [9.17, 15) is 22.8 Å². The molecule has 0 aromatic heterocycles. The average molecular weight is 313 g/mol. The zero-order valence-corrected chi connectivity index (χ0v) is 11.5. The van der Waals surface area contributed by atoms with E-state index in [1.54, 1.807) is 0 Å². The normalized spacial score (nSPS) is 19.6. The molecule has 1 aliphatic rings. The van der Waals surface area contributed by atoms with E-state index in [1.165, 1.54) is 5.32 Å². The highest BCUT2D eigenvalue weighted by Gasteiger charge is 2.58. The van der Waals surface area contributed by atoms with Gasteiger partial charge in [-0.05, 0) is 6.92 Å². The summed E-state index contributed by atoms with van der Waals surface area (Å²) in [5, 5.41) is 12.3. The zero-order chi connectivity index (χ0) is 16.1. The molecule has 1 heterocycles. The summed E-state index contributed by atoms with van der Waals surface area (Å²) in [6.07, 6.45) is -5.10. The molecule has 1 saturated heterocycles. The van der Waals surface area contributed by atoms with E-state index in [-0.39, 0.29) is 6.54 Å². The molecule has 1 aliphatic heterocycles. The molecule has 21 heavy (non-hydrogen) atoms. The van der Waals surface area contributed by atoms with Crippen LogP contribution in [-0.2, 0) is 9.53 Å². The molecule has 1 fully saturated rings. The van der Waals surface area contributed by atoms with Crippen LogP contribution in [0.3, 0.4) is 0 Å². The molecule has 0 bridgehead atoms. The van der Waals surface area contributed by atoms with Gasteiger partial charge in [0.15, 0.2) is 0 Å². The van der Waals surface area contributed by atoms with Crippen molar-refractivity contribution in [2.45, 2.75) is 18.6 Å². The van der Waals surface area contributed by atoms with E-state index < -0.39 is 23.7 Å². The van der Waals surface area contributed by atoms with Crippen molar-refractivity contribution in [2.24, 2.45) is 0 Å². The lowest BCUT2D eigenvalue weighted by molar-refractivity contribution is -0.203. The lowest BCUT2D eigenvalue weighted by atomic mass is 10.0. The fourth-order valence-electron chi connectivity index (χ4n) is 1.67. The van der Waals surface area contributed by atoms with Crippen LogP contribution in [0.15, 0.2) is 0 Å². The van der Waals surface area contributed by atoms with Gasteiger partial charge in [0.2, 0.25) is 5.54 Å². The first-order valence-electron chi connectivity index (χ1n) is 6.33. The van der Waals surface area contributed by atoms with Crippen LogP contribution in [0, 0.1) is 0 Å². The summed E-state index contributed by atoms with van der Waals surface area (Å²) in [5.41, 5.74) is -3.32. The third-order valence-electron chi connectivity index (χ3n) is 3.18. The van der Waals surface area contributed by atoms with Gasteiger partial charge in [0.25, 0.3) is 0 Å². The highest BCUT2D eigenvalue weighted by Crippen LogP contribution is 2.30. The Morgan fingerprint density at radius 3 is 2.33 bits per heavy atom. The van der Waals surface area contributed by atoms with Gasteiger partial charge in [-0.15, -0.1) is 0 Å².